The van der Waals surface area contributed by atoms with Gasteiger partial charge in [0.15, 0.2) is 0 Å². The molecule has 0 aliphatic rings. The smallest absolute Gasteiger partial charge is 0.146 e. The van der Waals surface area contributed by atoms with Gasteiger partial charge in [0.05, 0.1) is 5.02 Å². The summed E-state index contributed by atoms with van der Waals surface area (Å²) in [5.74, 6) is 1.49. The summed E-state index contributed by atoms with van der Waals surface area (Å²) in [5.41, 5.74) is 7.76. The molecule has 3 heteroatoms. The molecule has 0 bridgehead atoms. The van der Waals surface area contributed by atoms with Crippen molar-refractivity contribution >= 4 is 11.6 Å². The summed E-state index contributed by atoms with van der Waals surface area (Å²) >= 11 is 6.24. The van der Waals surface area contributed by atoms with E-state index in [4.69, 9.17) is 22.1 Å². The lowest BCUT2D eigenvalue weighted by Gasteiger charge is -2.22. The molecule has 0 aliphatic carbocycles. The highest BCUT2D eigenvalue weighted by molar-refractivity contribution is 6.32. The number of benzene rings is 2. The van der Waals surface area contributed by atoms with Gasteiger partial charge in [0, 0.05) is 12.1 Å². The van der Waals surface area contributed by atoms with Gasteiger partial charge in [-0.2, -0.15) is 0 Å². The quantitative estimate of drug-likeness (QED) is 0.873. The predicted octanol–water partition coefficient (Wildman–Crippen LogP) is 4.89. The highest BCUT2D eigenvalue weighted by atomic mass is 35.5. The number of ether oxygens (including phenoxy) is 1. The van der Waals surface area contributed by atoms with E-state index < -0.39 is 0 Å². The Bertz CT molecular complexity index is 602. The summed E-state index contributed by atoms with van der Waals surface area (Å²) in [6.07, 6.45) is 0. The van der Waals surface area contributed by atoms with Crippen molar-refractivity contribution in [2.75, 3.05) is 0 Å². The van der Waals surface area contributed by atoms with E-state index in [0.717, 1.165) is 16.9 Å². The first kappa shape index (κ1) is 14.9. The number of para-hydroxylation sites is 1. The Labute approximate surface area is 125 Å². The molecule has 0 spiro atoms. The number of nitrogens with two attached hydrogens (primary N) is 1. The monoisotopic (exact) mass is 289 g/mol. The van der Waals surface area contributed by atoms with Gasteiger partial charge in [-0.1, -0.05) is 56.6 Å². The van der Waals surface area contributed by atoms with Crippen LogP contribution in [0.25, 0.3) is 0 Å². The molecule has 2 rings (SSSR count). The van der Waals surface area contributed by atoms with Gasteiger partial charge in [0.2, 0.25) is 0 Å². The van der Waals surface area contributed by atoms with Crippen molar-refractivity contribution in [3.8, 4) is 11.5 Å². The Morgan fingerprint density at radius 1 is 1.05 bits per heavy atom. The molecule has 0 aromatic heterocycles. The number of hydrogen-bond acceptors (Lipinski definition) is 2. The van der Waals surface area contributed by atoms with E-state index >= 15 is 0 Å². The molecule has 0 unspecified atom stereocenters. The molecule has 0 fully saturated rings. The summed E-state index contributed by atoms with van der Waals surface area (Å²) in [4.78, 5) is 0. The fourth-order valence-electron chi connectivity index (χ4n) is 2.05. The zero-order valence-electron chi connectivity index (χ0n) is 12.1. The second kappa shape index (κ2) is 5.86. The summed E-state index contributed by atoms with van der Waals surface area (Å²) in [6, 6.07) is 13.7. The topological polar surface area (TPSA) is 35.2 Å². The minimum atomic E-state index is 0.0142. The molecule has 0 radical (unpaired) electrons. The SMILES string of the molecule is CC(C)(C)c1ccccc1Oc1ccc(CN)cc1Cl. The molecule has 2 aromatic rings. The lowest BCUT2D eigenvalue weighted by molar-refractivity contribution is 0.455. The average molecular weight is 290 g/mol. The van der Waals surface area contributed by atoms with E-state index in [2.05, 4.69) is 26.8 Å². The minimum Gasteiger partial charge on any atom is -0.455 e. The molecule has 0 heterocycles. The van der Waals surface area contributed by atoms with Gasteiger partial charge < -0.3 is 10.5 Å². The third kappa shape index (κ3) is 3.33. The Hall–Kier alpha value is -1.51. The van der Waals surface area contributed by atoms with Crippen molar-refractivity contribution in [1.29, 1.82) is 0 Å². The zero-order chi connectivity index (χ0) is 14.8. The van der Waals surface area contributed by atoms with Crippen LogP contribution in [0.4, 0.5) is 0 Å². The van der Waals surface area contributed by atoms with Gasteiger partial charge in [-0.3, -0.25) is 0 Å². The van der Waals surface area contributed by atoms with Crippen LogP contribution in [0, 0.1) is 0 Å². The standard InChI is InChI=1S/C17H20ClNO/c1-17(2,3)13-6-4-5-7-15(13)20-16-9-8-12(11-19)10-14(16)18/h4-10H,11,19H2,1-3H3. The summed E-state index contributed by atoms with van der Waals surface area (Å²) < 4.78 is 5.99. The van der Waals surface area contributed by atoms with Crippen molar-refractivity contribution in [3.05, 3.63) is 58.6 Å². The predicted molar refractivity (Wildman–Crippen MR) is 84.6 cm³/mol. The van der Waals surface area contributed by atoms with Crippen LogP contribution < -0.4 is 10.5 Å². The summed E-state index contributed by atoms with van der Waals surface area (Å²) in [5, 5.41) is 0.580. The Kier molecular flexibility index (Phi) is 4.36. The molecule has 0 saturated heterocycles. The molecule has 20 heavy (non-hydrogen) atoms. The second-order valence-corrected chi connectivity index (χ2v) is 6.22. The molecule has 0 atom stereocenters. The van der Waals surface area contributed by atoms with Crippen molar-refractivity contribution in [3.63, 3.8) is 0 Å². The van der Waals surface area contributed by atoms with Crippen LogP contribution in [0.5, 0.6) is 11.5 Å². The molecule has 2 aromatic carbocycles. The minimum absolute atomic E-state index is 0.0142. The van der Waals surface area contributed by atoms with Crippen LogP contribution in [0.3, 0.4) is 0 Å². The summed E-state index contributed by atoms with van der Waals surface area (Å²) in [7, 11) is 0. The fraction of sp³-hybridized carbons (Fsp3) is 0.294. The fourth-order valence-corrected chi connectivity index (χ4v) is 2.29. The van der Waals surface area contributed by atoms with Crippen molar-refractivity contribution in [1.82, 2.24) is 0 Å². The molecule has 0 saturated carbocycles. The second-order valence-electron chi connectivity index (χ2n) is 5.82. The molecular weight excluding hydrogens is 270 g/mol. The Balaban J connectivity index is 2.36. The van der Waals surface area contributed by atoms with E-state index in [1.165, 1.54) is 0 Å². The van der Waals surface area contributed by atoms with Crippen LogP contribution in [-0.2, 0) is 12.0 Å². The van der Waals surface area contributed by atoms with Gasteiger partial charge in [-0.25, -0.2) is 0 Å². The van der Waals surface area contributed by atoms with Gasteiger partial charge in [0.1, 0.15) is 11.5 Å². The molecule has 0 amide bonds. The lowest BCUT2D eigenvalue weighted by atomic mass is 9.86. The average Bonchev–Trinajstić information content (AvgIpc) is 2.40. The first-order valence-corrected chi connectivity index (χ1v) is 7.05. The Morgan fingerprint density at radius 2 is 1.75 bits per heavy atom. The largest absolute Gasteiger partial charge is 0.455 e. The van der Waals surface area contributed by atoms with E-state index in [-0.39, 0.29) is 5.41 Å². The van der Waals surface area contributed by atoms with E-state index in [0.29, 0.717) is 17.3 Å². The van der Waals surface area contributed by atoms with Crippen LogP contribution in [0.2, 0.25) is 5.02 Å². The van der Waals surface area contributed by atoms with E-state index in [1.54, 1.807) is 0 Å². The van der Waals surface area contributed by atoms with Crippen LogP contribution in [0.15, 0.2) is 42.5 Å². The third-order valence-corrected chi connectivity index (χ3v) is 3.44. The van der Waals surface area contributed by atoms with Crippen LogP contribution >= 0.6 is 11.6 Å². The molecular formula is C17H20ClNO. The maximum Gasteiger partial charge on any atom is 0.146 e. The summed E-state index contributed by atoms with van der Waals surface area (Å²) in [6.45, 7) is 6.95. The number of hydrogen-bond donors (Lipinski definition) is 1. The maximum atomic E-state index is 6.24. The van der Waals surface area contributed by atoms with E-state index in [9.17, 15) is 0 Å². The van der Waals surface area contributed by atoms with Crippen LogP contribution in [0.1, 0.15) is 31.9 Å². The van der Waals surface area contributed by atoms with E-state index in [1.807, 2.05) is 36.4 Å². The highest BCUT2D eigenvalue weighted by Crippen LogP contribution is 2.36. The van der Waals surface area contributed by atoms with Gasteiger partial charge in [-0.15, -0.1) is 0 Å². The zero-order valence-corrected chi connectivity index (χ0v) is 12.9. The molecule has 2 nitrogen and oxygen atoms in total. The highest BCUT2D eigenvalue weighted by Gasteiger charge is 2.19. The number of rotatable bonds is 3. The third-order valence-electron chi connectivity index (χ3n) is 3.15. The molecule has 0 aliphatic heterocycles. The molecule has 106 valence electrons. The lowest BCUT2D eigenvalue weighted by Crippen LogP contribution is -2.12. The first-order chi connectivity index (χ1) is 9.41. The normalized spacial score (nSPS) is 11.4. The number of halogens is 1. The first-order valence-electron chi connectivity index (χ1n) is 6.67. The molecule has 2 N–H and O–H groups in total. The van der Waals surface area contributed by atoms with Crippen LogP contribution in [-0.4, -0.2) is 0 Å². The maximum absolute atomic E-state index is 6.24. The van der Waals surface area contributed by atoms with Gasteiger partial charge in [-0.05, 0) is 29.2 Å². The van der Waals surface area contributed by atoms with Gasteiger partial charge >= 0.3 is 0 Å². The van der Waals surface area contributed by atoms with Crippen molar-refractivity contribution in [2.45, 2.75) is 32.7 Å². The van der Waals surface area contributed by atoms with Gasteiger partial charge in [0.25, 0.3) is 0 Å². The van der Waals surface area contributed by atoms with Crippen molar-refractivity contribution in [2.24, 2.45) is 5.73 Å². The Morgan fingerprint density at radius 3 is 2.35 bits per heavy atom. The van der Waals surface area contributed by atoms with Crippen molar-refractivity contribution < 1.29 is 4.74 Å².